The smallest absolute Gasteiger partial charge is 0.244 e. The Morgan fingerprint density at radius 3 is 2.25 bits per heavy atom. The van der Waals surface area contributed by atoms with E-state index in [-0.39, 0.29) is 35.3 Å². The Morgan fingerprint density at radius 1 is 1.00 bits per heavy atom. The summed E-state index contributed by atoms with van der Waals surface area (Å²) in [6, 6.07) is 18.0. The summed E-state index contributed by atoms with van der Waals surface area (Å²) < 4.78 is 41.3. The Morgan fingerprint density at radius 2 is 1.65 bits per heavy atom. The van der Waals surface area contributed by atoms with E-state index in [0.29, 0.717) is 11.4 Å². The van der Waals surface area contributed by atoms with E-state index in [1.54, 1.807) is 6.07 Å². The maximum absolute atomic E-state index is 14.8. The van der Waals surface area contributed by atoms with E-state index >= 15 is 0 Å². The molecule has 3 aromatic rings. The minimum atomic E-state index is -4.01. The molecule has 11 heteroatoms. The van der Waals surface area contributed by atoms with Crippen molar-refractivity contribution in [1.29, 1.82) is 0 Å². The van der Waals surface area contributed by atoms with E-state index in [1.807, 2.05) is 44.2 Å². The molecule has 2 unspecified atom stereocenters. The molecule has 0 aromatic heterocycles. The van der Waals surface area contributed by atoms with Crippen LogP contribution in [0.15, 0.2) is 72.8 Å². The van der Waals surface area contributed by atoms with Crippen LogP contribution in [0.3, 0.4) is 0 Å². The van der Waals surface area contributed by atoms with Crippen LogP contribution in [0.2, 0.25) is 10.0 Å². The molecule has 3 aromatic carbocycles. The number of hydrogen-bond acceptors (Lipinski definition) is 4. The molecule has 3 rings (SSSR count). The molecule has 0 spiro atoms. The fourth-order valence-corrected chi connectivity index (χ4v) is 5.51. The number of nitrogens with one attached hydrogen (secondary N) is 1. The standard InChI is InChI=1S/C29H32Cl2FN3O4S/c1-4-20(2)33-29(37)27(16-21-10-6-5-7-11-21)34(18-22-12-8-9-13-25(22)32)28(36)19-35(40(3,38)39)26-15-14-23(30)17-24(26)31/h5-15,17,20,27H,4,16,18-19H2,1-3H3,(H,33,37). The van der Waals surface area contributed by atoms with Crippen LogP contribution >= 0.6 is 23.2 Å². The number of halogens is 3. The van der Waals surface area contributed by atoms with Gasteiger partial charge < -0.3 is 10.2 Å². The van der Waals surface area contributed by atoms with Crippen LogP contribution in [0.25, 0.3) is 0 Å². The summed E-state index contributed by atoms with van der Waals surface area (Å²) in [5.74, 6) is -1.69. The topological polar surface area (TPSA) is 86.8 Å². The second kappa shape index (κ2) is 14.0. The van der Waals surface area contributed by atoms with Crippen molar-refractivity contribution in [2.24, 2.45) is 0 Å². The zero-order chi connectivity index (χ0) is 29.4. The number of hydrogen-bond donors (Lipinski definition) is 1. The molecule has 2 atom stereocenters. The maximum atomic E-state index is 14.8. The van der Waals surface area contributed by atoms with E-state index < -0.39 is 40.2 Å². The van der Waals surface area contributed by atoms with Gasteiger partial charge in [-0.2, -0.15) is 0 Å². The van der Waals surface area contributed by atoms with Gasteiger partial charge in [-0.15, -0.1) is 0 Å². The maximum Gasteiger partial charge on any atom is 0.244 e. The van der Waals surface area contributed by atoms with Gasteiger partial charge in [0.2, 0.25) is 21.8 Å². The molecule has 0 aliphatic rings. The predicted octanol–water partition coefficient (Wildman–Crippen LogP) is 5.45. The number of carbonyl (C=O) groups is 2. The highest BCUT2D eigenvalue weighted by molar-refractivity contribution is 7.92. The van der Waals surface area contributed by atoms with Crippen LogP contribution in [-0.2, 0) is 32.6 Å². The first-order valence-electron chi connectivity index (χ1n) is 12.7. The van der Waals surface area contributed by atoms with Gasteiger partial charge in [0.05, 0.1) is 17.0 Å². The fraction of sp³-hybridized carbons (Fsp3) is 0.310. The quantitative estimate of drug-likeness (QED) is 0.296. The number of rotatable bonds is 12. The Bertz CT molecular complexity index is 1440. The van der Waals surface area contributed by atoms with Crippen molar-refractivity contribution < 1.29 is 22.4 Å². The van der Waals surface area contributed by atoms with Gasteiger partial charge in [0.15, 0.2) is 0 Å². The summed E-state index contributed by atoms with van der Waals surface area (Å²) in [5, 5.41) is 3.24. The molecule has 2 amide bonds. The van der Waals surface area contributed by atoms with E-state index in [2.05, 4.69) is 5.32 Å². The summed E-state index contributed by atoms with van der Waals surface area (Å²) in [7, 11) is -4.01. The third kappa shape index (κ3) is 8.43. The van der Waals surface area contributed by atoms with Gasteiger partial charge in [-0.05, 0) is 43.2 Å². The molecular formula is C29H32Cl2FN3O4S. The van der Waals surface area contributed by atoms with Crippen LogP contribution < -0.4 is 9.62 Å². The number of benzene rings is 3. The highest BCUT2D eigenvalue weighted by atomic mass is 35.5. The second-order valence-corrected chi connectivity index (χ2v) is 12.3. The average molecular weight is 609 g/mol. The molecule has 0 bridgehead atoms. The molecule has 0 aliphatic heterocycles. The monoisotopic (exact) mass is 607 g/mol. The van der Waals surface area contributed by atoms with Crippen molar-refractivity contribution in [2.75, 3.05) is 17.1 Å². The zero-order valence-corrected chi connectivity index (χ0v) is 24.8. The Labute approximate surface area is 244 Å². The van der Waals surface area contributed by atoms with E-state index in [1.165, 1.54) is 41.3 Å². The molecular weight excluding hydrogens is 576 g/mol. The molecule has 0 heterocycles. The molecule has 1 N–H and O–H groups in total. The average Bonchev–Trinajstić information content (AvgIpc) is 2.90. The van der Waals surface area contributed by atoms with Gasteiger partial charge >= 0.3 is 0 Å². The van der Waals surface area contributed by atoms with Crippen molar-refractivity contribution >= 4 is 50.7 Å². The van der Waals surface area contributed by atoms with Crippen LogP contribution in [0.4, 0.5) is 10.1 Å². The lowest BCUT2D eigenvalue weighted by atomic mass is 10.0. The normalized spacial score (nSPS) is 12.8. The number of sulfonamides is 1. The summed E-state index contributed by atoms with van der Waals surface area (Å²) in [6.07, 6.45) is 1.73. The third-order valence-corrected chi connectivity index (χ3v) is 8.09. The van der Waals surface area contributed by atoms with Crippen LogP contribution in [0.5, 0.6) is 0 Å². The summed E-state index contributed by atoms with van der Waals surface area (Å²) >= 11 is 12.3. The van der Waals surface area contributed by atoms with Gasteiger partial charge in [0.1, 0.15) is 18.4 Å². The third-order valence-electron chi connectivity index (χ3n) is 6.43. The number of nitrogens with zero attached hydrogens (tertiary/aromatic N) is 2. The fourth-order valence-electron chi connectivity index (χ4n) is 4.08. The van der Waals surface area contributed by atoms with E-state index in [4.69, 9.17) is 23.2 Å². The molecule has 0 fully saturated rings. The van der Waals surface area contributed by atoms with Crippen LogP contribution in [0, 0.1) is 5.82 Å². The molecule has 0 aliphatic carbocycles. The van der Waals surface area contributed by atoms with Gasteiger partial charge in [0.25, 0.3) is 0 Å². The minimum absolute atomic E-state index is 0.0294. The Kier molecular flexibility index (Phi) is 11.0. The molecule has 7 nitrogen and oxygen atoms in total. The second-order valence-electron chi connectivity index (χ2n) is 9.50. The first-order valence-corrected chi connectivity index (χ1v) is 15.3. The van der Waals surface area contributed by atoms with Gasteiger partial charge in [-0.1, -0.05) is 78.7 Å². The lowest BCUT2D eigenvalue weighted by molar-refractivity contribution is -0.140. The van der Waals surface area contributed by atoms with Gasteiger partial charge in [-0.3, -0.25) is 13.9 Å². The van der Waals surface area contributed by atoms with E-state index in [0.717, 1.165) is 16.1 Å². The SMILES string of the molecule is CCC(C)NC(=O)C(Cc1ccccc1)N(Cc1ccccc1F)C(=O)CN(c1ccc(Cl)cc1Cl)S(C)(=O)=O. The number of anilines is 1. The molecule has 0 radical (unpaired) electrons. The Hall–Kier alpha value is -3.14. The lowest BCUT2D eigenvalue weighted by Gasteiger charge is -2.34. The summed E-state index contributed by atoms with van der Waals surface area (Å²) in [5.41, 5.74) is 1.01. The largest absolute Gasteiger partial charge is 0.352 e. The summed E-state index contributed by atoms with van der Waals surface area (Å²) in [6.45, 7) is 2.83. The number of carbonyl (C=O) groups excluding carboxylic acids is 2. The molecule has 40 heavy (non-hydrogen) atoms. The van der Waals surface area contributed by atoms with Crippen molar-refractivity contribution in [1.82, 2.24) is 10.2 Å². The van der Waals surface area contributed by atoms with Crippen molar-refractivity contribution in [3.63, 3.8) is 0 Å². The Balaban J connectivity index is 2.09. The minimum Gasteiger partial charge on any atom is -0.352 e. The van der Waals surface area contributed by atoms with Crippen molar-refractivity contribution in [3.8, 4) is 0 Å². The van der Waals surface area contributed by atoms with Crippen LogP contribution in [0.1, 0.15) is 31.4 Å². The van der Waals surface area contributed by atoms with Gasteiger partial charge in [0, 0.05) is 29.6 Å². The van der Waals surface area contributed by atoms with Crippen molar-refractivity contribution in [3.05, 3.63) is 99.8 Å². The van der Waals surface area contributed by atoms with Crippen LogP contribution in [-0.4, -0.2) is 50.0 Å². The number of amides is 2. The highest BCUT2D eigenvalue weighted by Gasteiger charge is 2.34. The molecule has 214 valence electrons. The predicted molar refractivity (Wildman–Crippen MR) is 157 cm³/mol. The van der Waals surface area contributed by atoms with Gasteiger partial charge in [-0.25, -0.2) is 12.8 Å². The zero-order valence-electron chi connectivity index (χ0n) is 22.5. The first-order chi connectivity index (χ1) is 18.9. The molecule has 0 saturated carbocycles. The lowest BCUT2D eigenvalue weighted by Crippen LogP contribution is -2.54. The first kappa shape index (κ1) is 31.4. The summed E-state index contributed by atoms with van der Waals surface area (Å²) in [4.78, 5) is 28.9. The molecule has 0 saturated heterocycles. The van der Waals surface area contributed by atoms with E-state index in [9.17, 15) is 22.4 Å². The highest BCUT2D eigenvalue weighted by Crippen LogP contribution is 2.30. The van der Waals surface area contributed by atoms with Crippen molar-refractivity contribution in [2.45, 2.75) is 45.3 Å².